The summed E-state index contributed by atoms with van der Waals surface area (Å²) in [5, 5.41) is 50.5. The van der Waals surface area contributed by atoms with Gasteiger partial charge in [-0.15, -0.1) is 0 Å². The summed E-state index contributed by atoms with van der Waals surface area (Å²) < 4.78 is 0. The van der Waals surface area contributed by atoms with Gasteiger partial charge in [-0.1, -0.05) is 0 Å². The molecule has 0 saturated heterocycles. The van der Waals surface area contributed by atoms with Gasteiger partial charge < -0.3 is 42.4 Å². The first kappa shape index (κ1) is 29.8. The fourth-order valence-electron chi connectivity index (χ4n) is 0. The molecule has 0 radical (unpaired) electrons. The van der Waals surface area contributed by atoms with Crippen LogP contribution in [0.3, 0.4) is 0 Å². The van der Waals surface area contributed by atoms with Crippen molar-refractivity contribution in [3.8, 4) is 0 Å². The van der Waals surface area contributed by atoms with Crippen LogP contribution < -0.4 is 42.4 Å². The first-order valence-corrected chi connectivity index (χ1v) is 1.41. The van der Waals surface area contributed by atoms with E-state index in [2.05, 4.69) is 0 Å². The minimum absolute atomic E-state index is 0. The topological polar surface area (TPSA) is 211 Å². The van der Waals surface area contributed by atoms with E-state index in [0.29, 0.717) is 0 Å². The van der Waals surface area contributed by atoms with Gasteiger partial charge in [0.05, 0.1) is 0 Å². The molecule has 8 nitrogen and oxygen atoms in total. The van der Waals surface area contributed by atoms with Gasteiger partial charge in [0.15, 0.2) is 0 Å². The van der Waals surface area contributed by atoms with Gasteiger partial charge in [0.2, 0.25) is 0 Å². The Hall–Kier alpha value is 0.693. The predicted molar refractivity (Wildman–Crippen MR) is 23.5 cm³/mol. The van der Waals surface area contributed by atoms with Gasteiger partial charge >= 0.3 is 26.2 Å². The predicted octanol–water partition coefficient (Wildman–Crippen LogP) is -7.15. The minimum Gasteiger partial charge on any atom is -0.907 e. The van der Waals surface area contributed by atoms with E-state index < -0.39 is 14.6 Å². The molecule has 11 heavy (non-hydrogen) atoms. The second-order valence-corrected chi connectivity index (χ2v) is 0.577. The van der Waals surface area contributed by atoms with Crippen molar-refractivity contribution in [2.75, 3.05) is 0 Å². The molecule has 0 aromatic heterocycles. The van der Waals surface area contributed by atoms with E-state index in [-0.39, 0.29) is 38.5 Å². The molecule has 0 aromatic rings. The molecule has 0 aliphatic rings. The van der Waals surface area contributed by atoms with E-state index in [1.165, 1.54) is 0 Å². The summed E-state index contributed by atoms with van der Waals surface area (Å²) in [4.78, 5) is 0. The molecule has 0 spiro atoms. The average molecular weight is 245 g/mol. The second kappa shape index (κ2) is 22.4. The van der Waals surface area contributed by atoms with Crippen LogP contribution in [0.15, 0.2) is 0 Å². The maximum Gasteiger partial charge on any atom is 4.00 e. The van der Waals surface area contributed by atoms with Crippen LogP contribution in [0.4, 0.5) is 0 Å². The summed E-state index contributed by atoms with van der Waals surface area (Å²) in [6.45, 7) is 0. The van der Waals surface area contributed by atoms with Crippen molar-refractivity contribution in [3.05, 3.63) is 0 Å². The Morgan fingerprint density at radius 1 is 0.545 bits per heavy atom. The molecular formula is H8B2N2O6Zr. The number of quaternary nitrogens is 2. The first-order valence-electron chi connectivity index (χ1n) is 1.41. The van der Waals surface area contributed by atoms with Gasteiger partial charge in [-0.3, -0.25) is 14.6 Å². The van der Waals surface area contributed by atoms with Crippen molar-refractivity contribution in [1.82, 2.24) is 12.3 Å². The summed E-state index contributed by atoms with van der Waals surface area (Å²) in [5.41, 5.74) is 0. The van der Waals surface area contributed by atoms with E-state index in [9.17, 15) is 0 Å². The fraction of sp³-hybridized carbons (Fsp3) is 0. The smallest absolute Gasteiger partial charge is 0.907 e. The van der Waals surface area contributed by atoms with Crippen LogP contribution in [0, 0.1) is 0 Å². The van der Waals surface area contributed by atoms with E-state index in [4.69, 9.17) is 30.1 Å². The average Bonchev–Trinajstić information content (AvgIpc) is 1.25. The first-order chi connectivity index (χ1) is 3.46. The van der Waals surface area contributed by atoms with Crippen LogP contribution in [0.5, 0.6) is 0 Å². The van der Waals surface area contributed by atoms with Crippen molar-refractivity contribution < 1.29 is 56.3 Å². The monoisotopic (exact) mass is 244 g/mol. The summed E-state index contributed by atoms with van der Waals surface area (Å²) in [7, 11) is -5.83. The molecule has 11 heteroatoms. The fourth-order valence-corrected chi connectivity index (χ4v) is 0. The van der Waals surface area contributed by atoms with E-state index in [1.807, 2.05) is 0 Å². The third kappa shape index (κ3) is 1680. The molecule has 0 aliphatic carbocycles. The molecule has 0 atom stereocenters. The van der Waals surface area contributed by atoms with Crippen molar-refractivity contribution in [1.29, 1.82) is 0 Å². The summed E-state index contributed by atoms with van der Waals surface area (Å²) in [6, 6.07) is 0. The van der Waals surface area contributed by atoms with Gasteiger partial charge in [0.1, 0.15) is 0 Å². The Balaban J connectivity index is -0.0000000171. The zero-order chi connectivity index (χ0) is 7.15. The van der Waals surface area contributed by atoms with Crippen molar-refractivity contribution in [2.24, 2.45) is 0 Å². The van der Waals surface area contributed by atoms with E-state index in [1.54, 1.807) is 0 Å². The van der Waals surface area contributed by atoms with E-state index >= 15 is 0 Å². The molecule has 0 amide bonds. The summed E-state index contributed by atoms with van der Waals surface area (Å²) in [6.07, 6.45) is 0. The quantitative estimate of drug-likeness (QED) is 0.395. The van der Waals surface area contributed by atoms with Gasteiger partial charge in [0, 0.05) is 0 Å². The molecular weight excluding hydrogens is 237 g/mol. The standard InChI is InChI=1S/2BO3.2H3N.Zr/c2*2-1(3)4;;;/h;;2*1H3;/q2*-3;;;+4/p+2. The van der Waals surface area contributed by atoms with Crippen LogP contribution >= 0.6 is 0 Å². The van der Waals surface area contributed by atoms with Crippen LogP contribution in [0.1, 0.15) is 0 Å². The second-order valence-electron chi connectivity index (χ2n) is 0.577. The molecule has 8 N–H and O–H groups in total. The molecule has 64 valence electrons. The van der Waals surface area contributed by atoms with Crippen molar-refractivity contribution in [3.63, 3.8) is 0 Å². The minimum atomic E-state index is -2.92. The largest absolute Gasteiger partial charge is 4.00 e. The number of hydrogen-bond donors (Lipinski definition) is 2. The number of hydrogen-bond acceptors (Lipinski definition) is 6. The molecule has 0 bridgehead atoms. The maximum atomic E-state index is 8.42. The third-order valence-corrected chi connectivity index (χ3v) is 0. The Bertz CT molecular complexity index is 34.1. The zero-order valence-electron chi connectivity index (χ0n) is 6.10. The van der Waals surface area contributed by atoms with Gasteiger partial charge in [-0.2, -0.15) is 0 Å². The van der Waals surface area contributed by atoms with Crippen LogP contribution in [0.25, 0.3) is 0 Å². The maximum absolute atomic E-state index is 8.42. The molecule has 0 saturated carbocycles. The van der Waals surface area contributed by atoms with Crippen LogP contribution in [-0.2, 0) is 26.2 Å². The van der Waals surface area contributed by atoms with E-state index in [0.717, 1.165) is 0 Å². The molecule has 0 heterocycles. The van der Waals surface area contributed by atoms with Crippen LogP contribution in [-0.4, -0.2) is 14.6 Å². The third-order valence-electron chi connectivity index (χ3n) is 0. The van der Waals surface area contributed by atoms with Gasteiger partial charge in [-0.05, 0) is 0 Å². The Kier molecular flexibility index (Phi) is 60.9. The van der Waals surface area contributed by atoms with Gasteiger partial charge in [0.25, 0.3) is 0 Å². The molecule has 0 unspecified atom stereocenters. The summed E-state index contributed by atoms with van der Waals surface area (Å²) in [5.74, 6) is 0. The van der Waals surface area contributed by atoms with Gasteiger partial charge in [-0.25, -0.2) is 0 Å². The zero-order valence-corrected chi connectivity index (χ0v) is 8.56. The molecule has 0 fully saturated rings. The molecule has 0 rings (SSSR count). The Morgan fingerprint density at radius 2 is 0.545 bits per heavy atom. The van der Waals surface area contributed by atoms with Crippen molar-refractivity contribution >= 4 is 14.6 Å². The van der Waals surface area contributed by atoms with Crippen LogP contribution in [0.2, 0.25) is 0 Å². The molecule has 0 aromatic carbocycles. The Labute approximate surface area is 83.5 Å². The number of rotatable bonds is 0. The molecule has 0 aliphatic heterocycles. The van der Waals surface area contributed by atoms with Crippen molar-refractivity contribution in [2.45, 2.75) is 0 Å². The Morgan fingerprint density at radius 3 is 0.545 bits per heavy atom. The normalized spacial score (nSPS) is 4.91. The summed E-state index contributed by atoms with van der Waals surface area (Å²) >= 11 is 0. The SMILES string of the molecule is [NH4+].[NH4+].[O-]B([O-])[O-].[O-]B([O-])[O-].[Zr+4].